The molecule has 1 saturated heterocycles. The van der Waals surface area contributed by atoms with Gasteiger partial charge < -0.3 is 4.89 Å². The molecule has 0 aliphatic carbocycles. The molecule has 0 aromatic carbocycles. The van der Waals surface area contributed by atoms with Crippen LogP contribution >= 0.6 is 7.82 Å². The van der Waals surface area contributed by atoms with Gasteiger partial charge >= 0.3 is 7.82 Å². The minimum Gasteiger partial charge on any atom is -0.302 e. The maximum atomic E-state index is 10.8. The molecule has 1 fully saturated rings. The molecule has 0 amide bonds. The highest BCUT2D eigenvalue weighted by Gasteiger charge is 2.40. The zero-order valence-electron chi connectivity index (χ0n) is 6.69. The van der Waals surface area contributed by atoms with E-state index in [0.29, 0.717) is 0 Å². The van der Waals surface area contributed by atoms with Gasteiger partial charge in [0.15, 0.2) is 0 Å². The second-order valence-corrected chi connectivity index (χ2v) is 4.07. The van der Waals surface area contributed by atoms with Gasteiger partial charge in [-0.2, -0.15) is 0 Å². The average Bonchev–Trinajstić information content (AvgIpc) is 2.07. The van der Waals surface area contributed by atoms with Crippen molar-refractivity contribution in [1.82, 2.24) is 0 Å². The van der Waals surface area contributed by atoms with E-state index in [0.717, 1.165) is 12.8 Å². The predicted molar refractivity (Wildman–Crippen MR) is 40.2 cm³/mol. The molecule has 11 heavy (non-hydrogen) atoms. The summed E-state index contributed by atoms with van der Waals surface area (Å²) in [4.78, 5) is 8.87. The number of hydrogen-bond donors (Lipinski definition) is 1. The van der Waals surface area contributed by atoms with Crippen molar-refractivity contribution in [3.05, 3.63) is 0 Å². The first-order chi connectivity index (χ1) is 5.05. The molecule has 0 aromatic heterocycles. The largest absolute Gasteiger partial charge is 0.472 e. The van der Waals surface area contributed by atoms with Crippen LogP contribution in [0.3, 0.4) is 0 Å². The molecule has 1 aliphatic heterocycles. The summed E-state index contributed by atoms with van der Waals surface area (Å²) in [6.45, 7) is 3.74. The highest BCUT2D eigenvalue weighted by molar-refractivity contribution is 7.47. The van der Waals surface area contributed by atoms with Gasteiger partial charge in [0.2, 0.25) is 0 Å². The highest BCUT2D eigenvalue weighted by atomic mass is 31.2. The molecule has 3 atom stereocenters. The molecule has 0 spiro atoms. The van der Waals surface area contributed by atoms with Gasteiger partial charge in [0.1, 0.15) is 0 Å². The SMILES string of the molecule is CCCC1OP(=O)(O)OC1C. The van der Waals surface area contributed by atoms with Crippen LogP contribution in [0.5, 0.6) is 0 Å². The van der Waals surface area contributed by atoms with E-state index in [4.69, 9.17) is 13.9 Å². The number of phosphoric ester groups is 1. The van der Waals surface area contributed by atoms with E-state index in [1.54, 1.807) is 6.92 Å². The van der Waals surface area contributed by atoms with Gasteiger partial charge in [0.25, 0.3) is 0 Å². The molecule has 0 saturated carbocycles. The van der Waals surface area contributed by atoms with Crippen molar-refractivity contribution in [3.63, 3.8) is 0 Å². The Balaban J connectivity index is 2.52. The van der Waals surface area contributed by atoms with E-state index < -0.39 is 7.82 Å². The third kappa shape index (κ3) is 2.27. The lowest BCUT2D eigenvalue weighted by molar-refractivity contribution is 0.160. The molecular formula is C6H13O4P. The lowest BCUT2D eigenvalue weighted by atomic mass is 10.1. The van der Waals surface area contributed by atoms with Crippen molar-refractivity contribution < 1.29 is 18.5 Å². The summed E-state index contributed by atoms with van der Waals surface area (Å²) in [5.74, 6) is 0. The third-order valence-corrected chi connectivity index (χ3v) is 2.80. The van der Waals surface area contributed by atoms with Crippen LogP contribution in [-0.4, -0.2) is 17.1 Å². The lowest BCUT2D eigenvalue weighted by Gasteiger charge is -2.08. The molecule has 66 valence electrons. The Bertz CT molecular complexity index is 181. The van der Waals surface area contributed by atoms with Crippen LogP contribution in [0.15, 0.2) is 0 Å². The number of hydrogen-bond acceptors (Lipinski definition) is 3. The first-order valence-electron chi connectivity index (χ1n) is 3.75. The predicted octanol–water partition coefficient (Wildman–Crippen LogP) is 1.69. The summed E-state index contributed by atoms with van der Waals surface area (Å²) in [6.07, 6.45) is 1.23. The highest BCUT2D eigenvalue weighted by Crippen LogP contribution is 2.53. The Kier molecular flexibility index (Phi) is 2.70. The quantitative estimate of drug-likeness (QED) is 0.657. The summed E-state index contributed by atoms with van der Waals surface area (Å²) in [5, 5.41) is 0. The minimum atomic E-state index is -3.69. The lowest BCUT2D eigenvalue weighted by Crippen LogP contribution is -2.18. The zero-order valence-corrected chi connectivity index (χ0v) is 7.58. The van der Waals surface area contributed by atoms with E-state index in [1.165, 1.54) is 0 Å². The topological polar surface area (TPSA) is 55.8 Å². The summed E-state index contributed by atoms with van der Waals surface area (Å²) >= 11 is 0. The van der Waals surface area contributed by atoms with Gasteiger partial charge in [-0.1, -0.05) is 13.3 Å². The van der Waals surface area contributed by atoms with Crippen LogP contribution in [-0.2, 0) is 13.6 Å². The third-order valence-electron chi connectivity index (χ3n) is 1.66. The van der Waals surface area contributed by atoms with Gasteiger partial charge in [-0.25, -0.2) is 4.57 Å². The Hall–Kier alpha value is 0.110. The van der Waals surface area contributed by atoms with Crippen LogP contribution in [0.25, 0.3) is 0 Å². The van der Waals surface area contributed by atoms with Crippen molar-refractivity contribution in [2.75, 3.05) is 0 Å². The van der Waals surface area contributed by atoms with Gasteiger partial charge in [0.05, 0.1) is 12.2 Å². The minimum absolute atomic E-state index is 0.212. The maximum absolute atomic E-state index is 10.8. The monoisotopic (exact) mass is 180 g/mol. The molecule has 1 N–H and O–H groups in total. The molecule has 1 heterocycles. The normalized spacial score (nSPS) is 44.6. The fourth-order valence-electron chi connectivity index (χ4n) is 1.13. The van der Waals surface area contributed by atoms with E-state index in [2.05, 4.69) is 0 Å². The van der Waals surface area contributed by atoms with Crippen molar-refractivity contribution in [2.24, 2.45) is 0 Å². The number of phosphoric acid groups is 1. The summed E-state index contributed by atoms with van der Waals surface area (Å²) in [6, 6.07) is 0. The Labute approximate surface area is 66.1 Å². The summed E-state index contributed by atoms with van der Waals surface area (Å²) in [7, 11) is -3.69. The van der Waals surface area contributed by atoms with Gasteiger partial charge in [0, 0.05) is 0 Å². The van der Waals surface area contributed by atoms with Crippen molar-refractivity contribution in [3.8, 4) is 0 Å². The molecule has 3 unspecified atom stereocenters. The van der Waals surface area contributed by atoms with Gasteiger partial charge in [-0.05, 0) is 13.3 Å². The molecule has 0 bridgehead atoms. The van der Waals surface area contributed by atoms with Crippen LogP contribution in [0.4, 0.5) is 0 Å². The average molecular weight is 180 g/mol. The Morgan fingerprint density at radius 3 is 2.55 bits per heavy atom. The number of rotatable bonds is 2. The molecule has 1 aliphatic rings. The standard InChI is InChI=1S/C6H13O4P/c1-3-4-6-5(2)9-11(7,8)10-6/h5-6H,3-4H2,1-2H3,(H,7,8). The van der Waals surface area contributed by atoms with E-state index in [1.807, 2.05) is 6.92 Å². The summed E-state index contributed by atoms with van der Waals surface area (Å²) < 4.78 is 20.3. The Morgan fingerprint density at radius 1 is 1.55 bits per heavy atom. The van der Waals surface area contributed by atoms with E-state index in [-0.39, 0.29) is 12.2 Å². The van der Waals surface area contributed by atoms with Crippen molar-refractivity contribution in [1.29, 1.82) is 0 Å². The van der Waals surface area contributed by atoms with Crippen LogP contribution < -0.4 is 0 Å². The summed E-state index contributed by atoms with van der Waals surface area (Å²) in [5.41, 5.74) is 0. The van der Waals surface area contributed by atoms with Crippen LogP contribution in [0, 0.1) is 0 Å². The van der Waals surface area contributed by atoms with E-state index >= 15 is 0 Å². The van der Waals surface area contributed by atoms with Crippen molar-refractivity contribution in [2.45, 2.75) is 38.9 Å². The molecular weight excluding hydrogens is 167 g/mol. The smallest absolute Gasteiger partial charge is 0.302 e. The first-order valence-corrected chi connectivity index (χ1v) is 5.24. The second-order valence-electron chi connectivity index (χ2n) is 2.71. The molecule has 0 aromatic rings. The fraction of sp³-hybridized carbons (Fsp3) is 1.00. The van der Waals surface area contributed by atoms with Crippen LogP contribution in [0.1, 0.15) is 26.7 Å². The zero-order chi connectivity index (χ0) is 8.48. The molecule has 1 rings (SSSR count). The molecule has 5 heteroatoms. The maximum Gasteiger partial charge on any atom is 0.472 e. The molecule has 0 radical (unpaired) electrons. The molecule has 4 nitrogen and oxygen atoms in total. The fourth-order valence-corrected chi connectivity index (χ4v) is 2.36. The second kappa shape index (κ2) is 3.23. The van der Waals surface area contributed by atoms with Gasteiger partial charge in [-0.15, -0.1) is 0 Å². The first kappa shape index (κ1) is 9.20. The Morgan fingerprint density at radius 2 is 2.18 bits per heavy atom. The van der Waals surface area contributed by atoms with Crippen molar-refractivity contribution >= 4 is 7.82 Å². The van der Waals surface area contributed by atoms with E-state index in [9.17, 15) is 4.57 Å². The van der Waals surface area contributed by atoms with Gasteiger partial charge in [-0.3, -0.25) is 9.05 Å². The van der Waals surface area contributed by atoms with Crippen LogP contribution in [0.2, 0.25) is 0 Å².